The molecule has 0 bridgehead atoms. The average Bonchev–Trinajstić information content (AvgIpc) is 2.12. The SMILES string of the molecule is O=C1COCc2c1ccc(F)c2F. The molecule has 0 N–H and O–H groups in total. The van der Waals surface area contributed by atoms with Gasteiger partial charge in [-0.2, -0.15) is 0 Å². The van der Waals surface area contributed by atoms with Crippen LogP contribution in [-0.4, -0.2) is 12.4 Å². The average molecular weight is 184 g/mol. The zero-order valence-electron chi connectivity index (χ0n) is 6.64. The smallest absolute Gasteiger partial charge is 0.188 e. The van der Waals surface area contributed by atoms with Crippen LogP contribution in [0.5, 0.6) is 0 Å². The van der Waals surface area contributed by atoms with Crippen molar-refractivity contribution in [3.05, 3.63) is 34.9 Å². The van der Waals surface area contributed by atoms with Gasteiger partial charge in [0.05, 0.1) is 6.61 Å². The molecule has 1 aromatic rings. The van der Waals surface area contributed by atoms with Crippen LogP contribution in [0.1, 0.15) is 15.9 Å². The summed E-state index contributed by atoms with van der Waals surface area (Å²) in [6.07, 6.45) is 0. The van der Waals surface area contributed by atoms with Crippen LogP contribution in [0.25, 0.3) is 0 Å². The van der Waals surface area contributed by atoms with Crippen molar-refractivity contribution in [2.75, 3.05) is 6.61 Å². The Morgan fingerprint density at radius 2 is 2.00 bits per heavy atom. The van der Waals surface area contributed by atoms with Crippen LogP contribution in [0, 0.1) is 11.6 Å². The summed E-state index contributed by atoms with van der Waals surface area (Å²) in [7, 11) is 0. The van der Waals surface area contributed by atoms with E-state index in [9.17, 15) is 13.6 Å². The van der Waals surface area contributed by atoms with Crippen molar-refractivity contribution in [1.29, 1.82) is 0 Å². The predicted octanol–water partition coefficient (Wildman–Crippen LogP) is 1.68. The van der Waals surface area contributed by atoms with Crippen molar-refractivity contribution in [3.8, 4) is 0 Å². The Balaban J connectivity index is 2.63. The van der Waals surface area contributed by atoms with E-state index in [1.54, 1.807) is 0 Å². The molecule has 0 saturated carbocycles. The summed E-state index contributed by atoms with van der Waals surface area (Å²) in [4.78, 5) is 11.1. The highest BCUT2D eigenvalue weighted by molar-refractivity contribution is 5.99. The third-order valence-corrected chi connectivity index (χ3v) is 1.98. The molecule has 0 atom stereocenters. The van der Waals surface area contributed by atoms with Gasteiger partial charge >= 0.3 is 0 Å². The maximum atomic E-state index is 13.0. The highest BCUT2D eigenvalue weighted by Crippen LogP contribution is 2.21. The number of hydrogen-bond donors (Lipinski definition) is 0. The fraction of sp³-hybridized carbons (Fsp3) is 0.222. The lowest BCUT2D eigenvalue weighted by atomic mass is 10.0. The highest BCUT2D eigenvalue weighted by atomic mass is 19.2. The minimum absolute atomic E-state index is 0.0243. The van der Waals surface area contributed by atoms with Gasteiger partial charge in [0.1, 0.15) is 6.61 Å². The van der Waals surface area contributed by atoms with E-state index in [-0.39, 0.29) is 30.1 Å². The maximum absolute atomic E-state index is 13.0. The van der Waals surface area contributed by atoms with Gasteiger partial charge in [0.2, 0.25) is 0 Å². The van der Waals surface area contributed by atoms with Crippen molar-refractivity contribution in [1.82, 2.24) is 0 Å². The molecule has 0 spiro atoms. The van der Waals surface area contributed by atoms with Crippen LogP contribution in [0.4, 0.5) is 8.78 Å². The number of ketones is 1. The summed E-state index contributed by atoms with van der Waals surface area (Å²) in [5, 5.41) is 0. The summed E-state index contributed by atoms with van der Waals surface area (Å²) in [6.45, 7) is -0.0945. The van der Waals surface area contributed by atoms with E-state index in [1.807, 2.05) is 0 Å². The van der Waals surface area contributed by atoms with Crippen LogP contribution >= 0.6 is 0 Å². The molecule has 0 unspecified atom stereocenters. The number of carbonyl (C=O) groups is 1. The van der Waals surface area contributed by atoms with Gasteiger partial charge in [0, 0.05) is 11.1 Å². The molecule has 0 saturated heterocycles. The molecular weight excluding hydrogens is 178 g/mol. The molecule has 13 heavy (non-hydrogen) atoms. The number of halogens is 2. The molecule has 0 fully saturated rings. The molecule has 0 amide bonds. The Labute approximate surface area is 73.1 Å². The largest absolute Gasteiger partial charge is 0.368 e. The molecule has 1 aliphatic rings. The van der Waals surface area contributed by atoms with E-state index < -0.39 is 11.6 Å². The van der Waals surface area contributed by atoms with Crippen molar-refractivity contribution < 1.29 is 18.3 Å². The third kappa shape index (κ3) is 1.23. The Morgan fingerprint density at radius 3 is 2.77 bits per heavy atom. The second-order valence-corrected chi connectivity index (χ2v) is 2.80. The minimum Gasteiger partial charge on any atom is -0.368 e. The number of carbonyl (C=O) groups excluding carboxylic acids is 1. The maximum Gasteiger partial charge on any atom is 0.188 e. The van der Waals surface area contributed by atoms with E-state index in [2.05, 4.69) is 0 Å². The Bertz CT molecular complexity index is 374. The van der Waals surface area contributed by atoms with Crippen LogP contribution in [0.3, 0.4) is 0 Å². The first-order chi connectivity index (χ1) is 6.20. The first kappa shape index (κ1) is 8.31. The van der Waals surface area contributed by atoms with Gasteiger partial charge in [-0.25, -0.2) is 8.78 Å². The Morgan fingerprint density at radius 1 is 1.23 bits per heavy atom. The first-order valence-electron chi connectivity index (χ1n) is 3.78. The lowest BCUT2D eigenvalue weighted by molar-refractivity contribution is 0.0654. The van der Waals surface area contributed by atoms with Crippen molar-refractivity contribution in [2.45, 2.75) is 6.61 Å². The van der Waals surface area contributed by atoms with E-state index >= 15 is 0 Å². The summed E-state index contributed by atoms with van der Waals surface area (Å²) in [6, 6.07) is 2.25. The van der Waals surface area contributed by atoms with E-state index in [1.165, 1.54) is 6.07 Å². The number of hydrogen-bond acceptors (Lipinski definition) is 2. The predicted molar refractivity (Wildman–Crippen MR) is 40.3 cm³/mol. The highest BCUT2D eigenvalue weighted by Gasteiger charge is 2.22. The molecule has 1 heterocycles. The van der Waals surface area contributed by atoms with Crippen LogP contribution in [-0.2, 0) is 11.3 Å². The molecule has 0 radical (unpaired) electrons. The number of ether oxygens (including phenoxy) is 1. The lowest BCUT2D eigenvalue weighted by Gasteiger charge is -2.15. The number of rotatable bonds is 0. The molecule has 68 valence electrons. The molecule has 4 heteroatoms. The van der Waals surface area contributed by atoms with Gasteiger partial charge < -0.3 is 4.74 Å². The standard InChI is InChI=1S/C9H6F2O2/c10-7-2-1-5-6(9(7)11)3-13-4-8(5)12/h1-2H,3-4H2. The summed E-state index contributed by atoms with van der Waals surface area (Å²) in [5.41, 5.74) is 0.251. The van der Waals surface area contributed by atoms with Gasteiger partial charge in [-0.3, -0.25) is 4.79 Å². The Kier molecular flexibility index (Phi) is 1.84. The molecular formula is C9H6F2O2. The van der Waals surface area contributed by atoms with Crippen LogP contribution < -0.4 is 0 Å². The van der Waals surface area contributed by atoms with Gasteiger partial charge in [0.15, 0.2) is 17.4 Å². The molecule has 2 rings (SSSR count). The van der Waals surface area contributed by atoms with E-state index in [0.29, 0.717) is 0 Å². The van der Waals surface area contributed by atoms with E-state index in [4.69, 9.17) is 4.74 Å². The Hall–Kier alpha value is -1.29. The number of benzene rings is 1. The fourth-order valence-electron chi connectivity index (χ4n) is 1.32. The van der Waals surface area contributed by atoms with Gasteiger partial charge in [-0.15, -0.1) is 0 Å². The van der Waals surface area contributed by atoms with Crippen molar-refractivity contribution in [2.24, 2.45) is 0 Å². The number of Topliss-reactive ketones (excluding diaryl/α,β-unsaturated/α-hetero) is 1. The summed E-state index contributed by atoms with van der Waals surface area (Å²) in [5.74, 6) is -2.23. The molecule has 0 aliphatic carbocycles. The van der Waals surface area contributed by atoms with Gasteiger partial charge in [-0.05, 0) is 12.1 Å². The fourth-order valence-corrected chi connectivity index (χ4v) is 1.32. The second kappa shape index (κ2) is 2.88. The van der Waals surface area contributed by atoms with Crippen LogP contribution in [0.15, 0.2) is 12.1 Å². The zero-order valence-corrected chi connectivity index (χ0v) is 6.64. The van der Waals surface area contributed by atoms with Crippen LogP contribution in [0.2, 0.25) is 0 Å². The minimum atomic E-state index is -0.981. The molecule has 1 aromatic carbocycles. The third-order valence-electron chi connectivity index (χ3n) is 1.98. The first-order valence-corrected chi connectivity index (χ1v) is 3.78. The topological polar surface area (TPSA) is 26.3 Å². The normalized spacial score (nSPS) is 15.7. The monoisotopic (exact) mass is 184 g/mol. The second-order valence-electron chi connectivity index (χ2n) is 2.80. The lowest BCUT2D eigenvalue weighted by Crippen LogP contribution is -2.19. The van der Waals surface area contributed by atoms with Crippen molar-refractivity contribution >= 4 is 5.78 Å². The summed E-state index contributed by atoms with van der Waals surface area (Å²) >= 11 is 0. The summed E-state index contributed by atoms with van der Waals surface area (Å²) < 4.78 is 30.5. The van der Waals surface area contributed by atoms with Gasteiger partial charge in [-0.1, -0.05) is 0 Å². The molecule has 1 aliphatic heterocycles. The van der Waals surface area contributed by atoms with E-state index in [0.717, 1.165) is 6.07 Å². The molecule has 0 aromatic heterocycles. The van der Waals surface area contributed by atoms with Gasteiger partial charge in [0.25, 0.3) is 0 Å². The van der Waals surface area contributed by atoms with Crippen molar-refractivity contribution in [3.63, 3.8) is 0 Å². The quantitative estimate of drug-likeness (QED) is 0.613. The number of fused-ring (bicyclic) bond motifs is 1. The molecule has 2 nitrogen and oxygen atoms in total. The zero-order chi connectivity index (χ0) is 9.42.